The van der Waals surface area contributed by atoms with Crippen LogP contribution < -0.4 is 10.7 Å². The molecule has 1 aromatic heterocycles. The molecule has 0 bridgehead atoms. The fourth-order valence-electron chi connectivity index (χ4n) is 3.06. The zero-order chi connectivity index (χ0) is 14.7. The van der Waals surface area contributed by atoms with Gasteiger partial charge in [0.15, 0.2) is 5.43 Å². The van der Waals surface area contributed by atoms with Crippen molar-refractivity contribution in [3.63, 3.8) is 0 Å². The third-order valence-corrected chi connectivity index (χ3v) is 4.29. The van der Waals surface area contributed by atoms with Crippen LogP contribution in [0.5, 0.6) is 0 Å². The molecule has 3 nitrogen and oxygen atoms in total. The van der Waals surface area contributed by atoms with Crippen LogP contribution in [0, 0.1) is 6.92 Å². The normalized spacial score (nSPS) is 15.5. The first-order valence-electron chi connectivity index (χ1n) is 7.75. The summed E-state index contributed by atoms with van der Waals surface area (Å²) in [7, 11) is 0. The molecule has 0 unspecified atom stereocenters. The molecule has 3 rings (SSSR count). The number of para-hydroxylation sites is 1. The molecule has 1 aromatic carbocycles. The SMILES string of the molecule is Cc1cc(=O)c(CNC2CCCC2)cn1-c1ccccc1. The first-order chi connectivity index (χ1) is 10.2. The van der Waals surface area contributed by atoms with Crippen LogP contribution in [0.4, 0.5) is 0 Å². The average Bonchev–Trinajstić information content (AvgIpc) is 3.01. The van der Waals surface area contributed by atoms with E-state index < -0.39 is 0 Å². The minimum absolute atomic E-state index is 0.130. The van der Waals surface area contributed by atoms with E-state index in [1.807, 2.05) is 31.3 Å². The molecule has 21 heavy (non-hydrogen) atoms. The summed E-state index contributed by atoms with van der Waals surface area (Å²) in [4.78, 5) is 12.2. The Morgan fingerprint density at radius 1 is 1.19 bits per heavy atom. The molecule has 0 atom stereocenters. The van der Waals surface area contributed by atoms with Crippen molar-refractivity contribution >= 4 is 0 Å². The number of aryl methyl sites for hydroxylation is 1. The van der Waals surface area contributed by atoms with Crippen molar-refractivity contribution in [1.82, 2.24) is 9.88 Å². The summed E-state index contributed by atoms with van der Waals surface area (Å²) < 4.78 is 2.09. The van der Waals surface area contributed by atoms with Crippen LogP contribution in [0.15, 0.2) is 47.4 Å². The summed E-state index contributed by atoms with van der Waals surface area (Å²) in [6.07, 6.45) is 7.06. The Kier molecular flexibility index (Phi) is 4.20. The molecule has 0 amide bonds. The number of hydrogen-bond acceptors (Lipinski definition) is 2. The van der Waals surface area contributed by atoms with Gasteiger partial charge in [0, 0.05) is 41.8 Å². The van der Waals surface area contributed by atoms with Gasteiger partial charge in [-0.05, 0) is 31.9 Å². The summed E-state index contributed by atoms with van der Waals surface area (Å²) in [5, 5.41) is 3.52. The van der Waals surface area contributed by atoms with Crippen LogP contribution >= 0.6 is 0 Å². The largest absolute Gasteiger partial charge is 0.321 e. The van der Waals surface area contributed by atoms with Gasteiger partial charge in [0.2, 0.25) is 0 Å². The van der Waals surface area contributed by atoms with Gasteiger partial charge in [0.05, 0.1) is 0 Å². The number of aromatic nitrogens is 1. The van der Waals surface area contributed by atoms with Crippen LogP contribution in [0.2, 0.25) is 0 Å². The molecule has 1 heterocycles. The maximum atomic E-state index is 12.2. The van der Waals surface area contributed by atoms with Crippen LogP contribution in [0.3, 0.4) is 0 Å². The number of rotatable bonds is 4. The highest BCUT2D eigenvalue weighted by atomic mass is 16.1. The Morgan fingerprint density at radius 2 is 1.90 bits per heavy atom. The molecular formula is C18H22N2O. The molecule has 0 saturated heterocycles. The van der Waals surface area contributed by atoms with Crippen LogP contribution in [0.1, 0.15) is 36.9 Å². The van der Waals surface area contributed by atoms with E-state index in [0.717, 1.165) is 16.9 Å². The van der Waals surface area contributed by atoms with Gasteiger partial charge < -0.3 is 9.88 Å². The van der Waals surface area contributed by atoms with E-state index in [9.17, 15) is 4.79 Å². The molecule has 0 aliphatic heterocycles. The van der Waals surface area contributed by atoms with E-state index in [1.54, 1.807) is 6.07 Å². The second kappa shape index (κ2) is 6.27. The van der Waals surface area contributed by atoms with Crippen LogP contribution in [0.25, 0.3) is 5.69 Å². The predicted octanol–water partition coefficient (Wildman–Crippen LogP) is 3.18. The topological polar surface area (TPSA) is 34.0 Å². The summed E-state index contributed by atoms with van der Waals surface area (Å²) in [5.41, 5.74) is 3.04. The Labute approximate surface area is 125 Å². The van der Waals surface area contributed by atoms with Crippen molar-refractivity contribution in [2.24, 2.45) is 0 Å². The van der Waals surface area contributed by atoms with Gasteiger partial charge in [0.1, 0.15) is 0 Å². The molecule has 110 valence electrons. The second-order valence-electron chi connectivity index (χ2n) is 5.87. The number of nitrogens with one attached hydrogen (secondary N) is 1. The number of benzene rings is 1. The van der Waals surface area contributed by atoms with Gasteiger partial charge in [-0.2, -0.15) is 0 Å². The Balaban J connectivity index is 1.85. The fraction of sp³-hybridized carbons (Fsp3) is 0.389. The van der Waals surface area contributed by atoms with Crippen molar-refractivity contribution in [3.8, 4) is 5.69 Å². The Morgan fingerprint density at radius 3 is 2.62 bits per heavy atom. The maximum absolute atomic E-state index is 12.2. The molecule has 1 aliphatic carbocycles. The van der Waals surface area contributed by atoms with Crippen molar-refractivity contribution < 1.29 is 0 Å². The quantitative estimate of drug-likeness (QED) is 0.934. The molecular weight excluding hydrogens is 260 g/mol. The van der Waals surface area contributed by atoms with Crippen molar-refractivity contribution in [2.45, 2.75) is 45.2 Å². The fourth-order valence-corrected chi connectivity index (χ4v) is 3.06. The van der Waals surface area contributed by atoms with Gasteiger partial charge in [-0.1, -0.05) is 31.0 Å². The van der Waals surface area contributed by atoms with Crippen molar-refractivity contribution in [2.75, 3.05) is 0 Å². The molecule has 1 N–H and O–H groups in total. The van der Waals surface area contributed by atoms with E-state index in [0.29, 0.717) is 12.6 Å². The predicted molar refractivity (Wildman–Crippen MR) is 85.9 cm³/mol. The molecule has 1 saturated carbocycles. The van der Waals surface area contributed by atoms with Crippen LogP contribution in [-0.4, -0.2) is 10.6 Å². The third-order valence-electron chi connectivity index (χ3n) is 4.29. The zero-order valence-corrected chi connectivity index (χ0v) is 12.5. The highest BCUT2D eigenvalue weighted by Crippen LogP contribution is 2.18. The Bertz CT molecular complexity index is 655. The van der Waals surface area contributed by atoms with E-state index >= 15 is 0 Å². The lowest BCUT2D eigenvalue weighted by molar-refractivity contribution is 0.522. The van der Waals surface area contributed by atoms with Gasteiger partial charge in [0.25, 0.3) is 0 Å². The number of hydrogen-bond donors (Lipinski definition) is 1. The molecule has 0 spiro atoms. The Hall–Kier alpha value is -1.87. The van der Waals surface area contributed by atoms with Crippen LogP contribution in [-0.2, 0) is 6.54 Å². The smallest absolute Gasteiger partial charge is 0.186 e. The monoisotopic (exact) mass is 282 g/mol. The average molecular weight is 282 g/mol. The summed E-state index contributed by atoms with van der Waals surface area (Å²) >= 11 is 0. The van der Waals surface area contributed by atoms with Crippen molar-refractivity contribution in [3.05, 3.63) is 64.1 Å². The number of nitrogens with zero attached hydrogens (tertiary/aromatic N) is 1. The molecule has 1 aliphatic rings. The van der Waals surface area contributed by atoms with Crippen molar-refractivity contribution in [1.29, 1.82) is 0 Å². The van der Waals surface area contributed by atoms with Gasteiger partial charge >= 0.3 is 0 Å². The van der Waals surface area contributed by atoms with E-state index in [4.69, 9.17) is 0 Å². The molecule has 0 radical (unpaired) electrons. The van der Waals surface area contributed by atoms with E-state index in [-0.39, 0.29) is 5.43 Å². The van der Waals surface area contributed by atoms with E-state index in [2.05, 4.69) is 22.0 Å². The minimum atomic E-state index is 0.130. The lowest BCUT2D eigenvalue weighted by atomic mass is 10.2. The minimum Gasteiger partial charge on any atom is -0.321 e. The highest BCUT2D eigenvalue weighted by Gasteiger charge is 2.14. The maximum Gasteiger partial charge on any atom is 0.186 e. The summed E-state index contributed by atoms with van der Waals surface area (Å²) in [6, 6.07) is 12.5. The zero-order valence-electron chi connectivity index (χ0n) is 12.5. The van der Waals surface area contributed by atoms with Gasteiger partial charge in [-0.25, -0.2) is 0 Å². The molecule has 1 fully saturated rings. The lowest BCUT2D eigenvalue weighted by Gasteiger charge is -2.15. The first kappa shape index (κ1) is 14.1. The molecule has 2 aromatic rings. The third kappa shape index (κ3) is 3.24. The lowest BCUT2D eigenvalue weighted by Crippen LogP contribution is -2.28. The molecule has 3 heteroatoms. The summed E-state index contributed by atoms with van der Waals surface area (Å²) in [6.45, 7) is 2.64. The second-order valence-corrected chi connectivity index (χ2v) is 5.87. The number of pyridine rings is 1. The summed E-state index contributed by atoms with van der Waals surface area (Å²) in [5.74, 6) is 0. The highest BCUT2D eigenvalue weighted by molar-refractivity contribution is 5.35. The first-order valence-corrected chi connectivity index (χ1v) is 7.75. The van der Waals surface area contributed by atoms with E-state index in [1.165, 1.54) is 25.7 Å². The van der Waals surface area contributed by atoms with Gasteiger partial charge in [-0.15, -0.1) is 0 Å². The standard InChI is InChI=1S/C18H22N2O/c1-14-11-18(21)15(12-19-16-7-5-6-8-16)13-20(14)17-9-3-2-4-10-17/h2-4,9-11,13,16,19H,5-8,12H2,1H3. The van der Waals surface area contributed by atoms with Gasteiger partial charge in [-0.3, -0.25) is 4.79 Å².